The van der Waals surface area contributed by atoms with E-state index in [9.17, 15) is 4.79 Å². The molecule has 1 aliphatic rings. The van der Waals surface area contributed by atoms with Crippen molar-refractivity contribution < 1.29 is 0 Å². The topological polar surface area (TPSA) is 36.1 Å². The molecule has 0 radical (unpaired) electrons. The molecule has 1 aliphatic heterocycles. The summed E-state index contributed by atoms with van der Waals surface area (Å²) in [6.07, 6.45) is 3.02. The Bertz CT molecular complexity index is 703. The van der Waals surface area contributed by atoms with Gasteiger partial charge in [-0.25, -0.2) is 0 Å². The van der Waals surface area contributed by atoms with Crippen LogP contribution in [0.4, 0.5) is 0 Å². The van der Waals surface area contributed by atoms with Crippen molar-refractivity contribution in [1.29, 1.82) is 0 Å². The molecule has 0 saturated carbocycles. The van der Waals surface area contributed by atoms with Gasteiger partial charge in [0, 0.05) is 31.3 Å². The van der Waals surface area contributed by atoms with Gasteiger partial charge in [0.15, 0.2) is 0 Å². The lowest BCUT2D eigenvalue weighted by Gasteiger charge is -2.30. The van der Waals surface area contributed by atoms with E-state index in [2.05, 4.69) is 48.0 Å². The van der Waals surface area contributed by atoms with E-state index in [0.29, 0.717) is 0 Å². The molecule has 3 nitrogen and oxygen atoms in total. The second-order valence-corrected chi connectivity index (χ2v) is 6.99. The van der Waals surface area contributed by atoms with E-state index < -0.39 is 0 Å². The average molecular weight is 310 g/mol. The van der Waals surface area contributed by atoms with Gasteiger partial charge in [-0.15, -0.1) is 0 Å². The molecule has 0 fully saturated rings. The first-order valence-corrected chi connectivity index (χ1v) is 8.62. The van der Waals surface area contributed by atoms with Crippen LogP contribution >= 0.6 is 0 Å². The maximum Gasteiger partial charge on any atom is 0.248 e. The molecule has 1 aromatic heterocycles. The van der Waals surface area contributed by atoms with Crippen LogP contribution in [-0.4, -0.2) is 23.0 Å². The third-order valence-electron chi connectivity index (χ3n) is 4.66. The summed E-state index contributed by atoms with van der Waals surface area (Å²) in [4.78, 5) is 17.6. The minimum atomic E-state index is 0.0327. The molecular formula is C20H26N2O. The van der Waals surface area contributed by atoms with E-state index >= 15 is 0 Å². The minimum absolute atomic E-state index is 0.0327. The summed E-state index contributed by atoms with van der Waals surface area (Å²) in [5.74, 6) is 0.732. The van der Waals surface area contributed by atoms with Gasteiger partial charge in [0.1, 0.15) is 0 Å². The largest absolute Gasteiger partial charge is 0.326 e. The van der Waals surface area contributed by atoms with Crippen molar-refractivity contribution >= 4 is 0 Å². The summed E-state index contributed by atoms with van der Waals surface area (Å²) >= 11 is 0. The van der Waals surface area contributed by atoms with Crippen molar-refractivity contribution in [3.63, 3.8) is 0 Å². The van der Waals surface area contributed by atoms with Gasteiger partial charge in [0.25, 0.3) is 0 Å². The molecule has 0 unspecified atom stereocenters. The van der Waals surface area contributed by atoms with Gasteiger partial charge in [-0.2, -0.15) is 0 Å². The highest BCUT2D eigenvalue weighted by Crippen LogP contribution is 2.22. The number of aromatic amines is 1. The lowest BCUT2D eigenvalue weighted by Crippen LogP contribution is -2.34. The minimum Gasteiger partial charge on any atom is -0.326 e. The molecule has 0 spiro atoms. The van der Waals surface area contributed by atoms with E-state index in [1.807, 2.05) is 6.07 Å². The normalized spacial score (nSPS) is 14.9. The second-order valence-electron chi connectivity index (χ2n) is 6.99. The van der Waals surface area contributed by atoms with Gasteiger partial charge in [-0.3, -0.25) is 9.69 Å². The molecule has 0 atom stereocenters. The molecular weight excluding hydrogens is 284 g/mol. The molecule has 2 heterocycles. The molecule has 2 aromatic rings. The molecule has 23 heavy (non-hydrogen) atoms. The lowest BCUT2D eigenvalue weighted by atomic mass is 9.95. The van der Waals surface area contributed by atoms with Crippen LogP contribution in [0.2, 0.25) is 0 Å². The first-order chi connectivity index (χ1) is 11.1. The van der Waals surface area contributed by atoms with Crippen molar-refractivity contribution in [3.8, 4) is 0 Å². The van der Waals surface area contributed by atoms with Gasteiger partial charge in [0.05, 0.1) is 0 Å². The summed E-state index contributed by atoms with van der Waals surface area (Å²) in [7, 11) is 0. The van der Waals surface area contributed by atoms with Gasteiger partial charge < -0.3 is 4.98 Å². The van der Waals surface area contributed by atoms with Crippen LogP contribution in [0, 0.1) is 5.92 Å². The SMILES string of the molecule is CC(C)CCN1CCc2cc(=O)[nH]c(Cc3ccccc3)c2C1. The quantitative estimate of drug-likeness (QED) is 0.919. The molecule has 0 aliphatic carbocycles. The Morgan fingerprint density at radius 2 is 2.00 bits per heavy atom. The summed E-state index contributed by atoms with van der Waals surface area (Å²) in [5, 5.41) is 0. The molecule has 3 rings (SSSR count). The summed E-state index contributed by atoms with van der Waals surface area (Å²) in [6, 6.07) is 12.2. The smallest absolute Gasteiger partial charge is 0.248 e. The fraction of sp³-hybridized carbons (Fsp3) is 0.450. The zero-order chi connectivity index (χ0) is 16.2. The average Bonchev–Trinajstić information content (AvgIpc) is 2.54. The Balaban J connectivity index is 1.84. The van der Waals surface area contributed by atoms with Crippen molar-refractivity contribution in [1.82, 2.24) is 9.88 Å². The number of pyridine rings is 1. The van der Waals surface area contributed by atoms with E-state index in [1.54, 1.807) is 6.07 Å². The second kappa shape index (κ2) is 7.14. The molecule has 0 saturated heterocycles. The number of H-pyrrole nitrogens is 1. The van der Waals surface area contributed by atoms with Gasteiger partial charge >= 0.3 is 0 Å². The van der Waals surface area contributed by atoms with Crippen LogP contribution in [0.25, 0.3) is 0 Å². The Labute approximate surface area is 138 Å². The fourth-order valence-corrected chi connectivity index (χ4v) is 3.28. The summed E-state index contributed by atoms with van der Waals surface area (Å²) in [6.45, 7) is 7.71. The number of hydrogen-bond donors (Lipinski definition) is 1. The number of nitrogens with zero attached hydrogens (tertiary/aromatic N) is 1. The Hall–Kier alpha value is -1.87. The van der Waals surface area contributed by atoms with Gasteiger partial charge in [-0.1, -0.05) is 44.2 Å². The highest BCUT2D eigenvalue weighted by atomic mass is 16.1. The number of benzene rings is 1. The molecule has 0 amide bonds. The van der Waals surface area contributed by atoms with Crippen LogP contribution in [-0.2, 0) is 19.4 Å². The fourth-order valence-electron chi connectivity index (χ4n) is 3.28. The number of rotatable bonds is 5. The Morgan fingerprint density at radius 3 is 2.74 bits per heavy atom. The van der Waals surface area contributed by atoms with Crippen LogP contribution in [0.5, 0.6) is 0 Å². The Kier molecular flexibility index (Phi) is 4.97. The van der Waals surface area contributed by atoms with Crippen LogP contribution in [0.1, 0.15) is 42.7 Å². The van der Waals surface area contributed by atoms with Crippen LogP contribution < -0.4 is 5.56 Å². The predicted octanol–water partition coefficient (Wildman–Crippen LogP) is 3.37. The number of hydrogen-bond acceptors (Lipinski definition) is 2. The number of aromatic nitrogens is 1. The van der Waals surface area contributed by atoms with Crippen LogP contribution in [0.3, 0.4) is 0 Å². The summed E-state index contributed by atoms with van der Waals surface area (Å²) < 4.78 is 0. The van der Waals surface area contributed by atoms with Gasteiger partial charge in [-0.05, 0) is 42.0 Å². The van der Waals surface area contributed by atoms with E-state index in [1.165, 1.54) is 23.1 Å². The molecule has 0 bridgehead atoms. The summed E-state index contributed by atoms with van der Waals surface area (Å²) in [5.41, 5.74) is 4.94. The predicted molar refractivity (Wildman–Crippen MR) is 94.7 cm³/mol. The van der Waals surface area contributed by atoms with Crippen molar-refractivity contribution in [2.45, 2.75) is 39.7 Å². The first kappa shape index (κ1) is 16.0. The third-order valence-corrected chi connectivity index (χ3v) is 4.66. The maximum atomic E-state index is 12.0. The highest BCUT2D eigenvalue weighted by Gasteiger charge is 2.20. The standard InChI is InChI=1S/C20H26N2O/c1-15(2)8-10-22-11-9-17-13-20(23)21-19(18(17)14-22)12-16-6-4-3-5-7-16/h3-7,13,15H,8-12,14H2,1-2H3,(H,21,23). The van der Waals surface area contributed by atoms with Crippen molar-refractivity contribution in [3.05, 3.63) is 69.1 Å². The number of nitrogens with one attached hydrogen (secondary N) is 1. The molecule has 1 aromatic carbocycles. The number of fused-ring (bicyclic) bond motifs is 1. The van der Waals surface area contributed by atoms with Crippen molar-refractivity contribution in [2.75, 3.05) is 13.1 Å². The zero-order valence-electron chi connectivity index (χ0n) is 14.1. The lowest BCUT2D eigenvalue weighted by molar-refractivity contribution is 0.238. The highest BCUT2D eigenvalue weighted by molar-refractivity contribution is 5.35. The van der Waals surface area contributed by atoms with E-state index in [0.717, 1.165) is 44.1 Å². The van der Waals surface area contributed by atoms with Crippen LogP contribution in [0.15, 0.2) is 41.2 Å². The van der Waals surface area contributed by atoms with E-state index in [-0.39, 0.29) is 5.56 Å². The van der Waals surface area contributed by atoms with E-state index in [4.69, 9.17) is 0 Å². The monoisotopic (exact) mass is 310 g/mol. The molecule has 1 N–H and O–H groups in total. The third kappa shape index (κ3) is 4.11. The first-order valence-electron chi connectivity index (χ1n) is 8.62. The maximum absolute atomic E-state index is 12.0. The molecule has 3 heteroatoms. The van der Waals surface area contributed by atoms with Crippen molar-refractivity contribution in [2.24, 2.45) is 5.92 Å². The molecule has 122 valence electrons. The van der Waals surface area contributed by atoms with Gasteiger partial charge in [0.2, 0.25) is 5.56 Å². The Morgan fingerprint density at radius 1 is 1.22 bits per heavy atom. The zero-order valence-corrected chi connectivity index (χ0v) is 14.1.